The average molecular weight is 344 g/mol. The van der Waals surface area contributed by atoms with Gasteiger partial charge in [0.2, 0.25) is 0 Å². The number of ether oxygens (including phenoxy) is 2. The molecule has 0 aliphatic heterocycles. The smallest absolute Gasteiger partial charge is 0.120 e. The topological polar surface area (TPSA) is 30.5 Å². The van der Waals surface area contributed by atoms with E-state index in [0.29, 0.717) is 19.3 Å². The van der Waals surface area contributed by atoms with Crippen LogP contribution in [0.25, 0.3) is 0 Å². The number of halogens is 1. The van der Waals surface area contributed by atoms with E-state index in [1.165, 1.54) is 5.56 Å². The lowest BCUT2D eigenvalue weighted by molar-refractivity contribution is 0.101. The van der Waals surface area contributed by atoms with Gasteiger partial charge in [0.1, 0.15) is 12.4 Å². The van der Waals surface area contributed by atoms with Crippen molar-refractivity contribution in [1.82, 2.24) is 5.32 Å². The van der Waals surface area contributed by atoms with Gasteiger partial charge in [0, 0.05) is 17.1 Å². The molecule has 1 atom stereocenters. The first-order valence-corrected chi connectivity index (χ1v) is 8.21. The standard InChI is InChI=1S/C16H26BrNO2/c1-4-8-18-13(3)15-7-6-14(12-16(15)17)20-11-10-19-9-5-2/h6-7,12-13,18H,4-5,8-11H2,1-3H3. The molecule has 1 unspecified atom stereocenters. The van der Waals surface area contributed by atoms with Crippen LogP contribution in [0, 0.1) is 0 Å². The van der Waals surface area contributed by atoms with Gasteiger partial charge in [-0.25, -0.2) is 0 Å². The van der Waals surface area contributed by atoms with Crippen LogP contribution in [0.3, 0.4) is 0 Å². The first kappa shape index (κ1) is 17.5. The van der Waals surface area contributed by atoms with Crippen molar-refractivity contribution in [2.45, 2.75) is 39.7 Å². The zero-order valence-electron chi connectivity index (χ0n) is 12.7. The molecule has 3 nitrogen and oxygen atoms in total. The summed E-state index contributed by atoms with van der Waals surface area (Å²) >= 11 is 3.62. The van der Waals surface area contributed by atoms with Crippen molar-refractivity contribution in [2.75, 3.05) is 26.4 Å². The highest BCUT2D eigenvalue weighted by Crippen LogP contribution is 2.27. The zero-order chi connectivity index (χ0) is 14.8. The second kappa shape index (κ2) is 10.2. The van der Waals surface area contributed by atoms with Gasteiger partial charge in [0.05, 0.1) is 6.61 Å². The van der Waals surface area contributed by atoms with Crippen LogP contribution in [0.5, 0.6) is 5.75 Å². The third kappa shape index (κ3) is 6.25. The fourth-order valence-corrected chi connectivity index (χ4v) is 2.59. The maximum Gasteiger partial charge on any atom is 0.120 e. The first-order chi connectivity index (χ1) is 9.69. The summed E-state index contributed by atoms with van der Waals surface area (Å²) in [6.07, 6.45) is 2.18. The second-order valence-corrected chi connectivity index (χ2v) is 5.67. The van der Waals surface area contributed by atoms with Gasteiger partial charge in [0.25, 0.3) is 0 Å². The Bertz CT molecular complexity index is 385. The molecular formula is C16H26BrNO2. The highest BCUT2D eigenvalue weighted by atomic mass is 79.9. The van der Waals surface area contributed by atoms with E-state index in [-0.39, 0.29) is 0 Å². The van der Waals surface area contributed by atoms with Gasteiger partial charge in [-0.1, -0.05) is 35.8 Å². The molecule has 1 aromatic carbocycles. The van der Waals surface area contributed by atoms with E-state index < -0.39 is 0 Å². The van der Waals surface area contributed by atoms with Gasteiger partial charge >= 0.3 is 0 Å². The molecule has 1 N–H and O–H groups in total. The van der Waals surface area contributed by atoms with Crippen LogP contribution in [-0.4, -0.2) is 26.4 Å². The molecule has 1 aromatic rings. The summed E-state index contributed by atoms with van der Waals surface area (Å²) in [7, 11) is 0. The molecule has 0 amide bonds. The Morgan fingerprint density at radius 1 is 1.15 bits per heavy atom. The van der Waals surface area contributed by atoms with Crippen LogP contribution in [0.15, 0.2) is 22.7 Å². The quantitative estimate of drug-likeness (QED) is 0.642. The predicted molar refractivity (Wildman–Crippen MR) is 87.5 cm³/mol. The lowest BCUT2D eigenvalue weighted by atomic mass is 10.1. The summed E-state index contributed by atoms with van der Waals surface area (Å²) in [4.78, 5) is 0. The van der Waals surface area contributed by atoms with E-state index in [9.17, 15) is 0 Å². The van der Waals surface area contributed by atoms with Gasteiger partial charge < -0.3 is 14.8 Å². The largest absolute Gasteiger partial charge is 0.491 e. The van der Waals surface area contributed by atoms with Crippen molar-refractivity contribution in [3.05, 3.63) is 28.2 Å². The third-order valence-corrected chi connectivity index (χ3v) is 3.67. The molecule has 0 aliphatic carbocycles. The maximum atomic E-state index is 5.67. The highest BCUT2D eigenvalue weighted by Gasteiger charge is 2.09. The van der Waals surface area contributed by atoms with E-state index in [1.807, 2.05) is 12.1 Å². The van der Waals surface area contributed by atoms with Crippen LogP contribution in [0.1, 0.15) is 45.2 Å². The molecular weight excluding hydrogens is 318 g/mol. The molecule has 0 saturated heterocycles. The number of hydrogen-bond acceptors (Lipinski definition) is 3. The Morgan fingerprint density at radius 3 is 2.60 bits per heavy atom. The fourth-order valence-electron chi connectivity index (χ4n) is 1.88. The van der Waals surface area contributed by atoms with Crippen LogP contribution in [0.4, 0.5) is 0 Å². The molecule has 114 valence electrons. The fraction of sp³-hybridized carbons (Fsp3) is 0.625. The maximum absolute atomic E-state index is 5.67. The molecule has 0 aromatic heterocycles. The summed E-state index contributed by atoms with van der Waals surface area (Å²) in [6.45, 7) is 9.51. The monoisotopic (exact) mass is 343 g/mol. The molecule has 4 heteroatoms. The van der Waals surface area contributed by atoms with E-state index in [0.717, 1.165) is 36.2 Å². The summed E-state index contributed by atoms with van der Waals surface area (Å²) in [5, 5.41) is 3.48. The molecule has 0 aliphatic rings. The van der Waals surface area contributed by atoms with Crippen LogP contribution < -0.4 is 10.1 Å². The average Bonchev–Trinajstić information content (AvgIpc) is 2.44. The van der Waals surface area contributed by atoms with Crippen LogP contribution in [-0.2, 0) is 4.74 Å². The van der Waals surface area contributed by atoms with Crippen molar-refractivity contribution in [1.29, 1.82) is 0 Å². The number of hydrogen-bond donors (Lipinski definition) is 1. The summed E-state index contributed by atoms with van der Waals surface area (Å²) in [6, 6.07) is 6.49. The first-order valence-electron chi connectivity index (χ1n) is 7.42. The SMILES string of the molecule is CCCNC(C)c1ccc(OCCOCCC)cc1Br. The van der Waals surface area contributed by atoms with Crippen molar-refractivity contribution in [2.24, 2.45) is 0 Å². The van der Waals surface area contributed by atoms with E-state index in [2.05, 4.69) is 48.1 Å². The van der Waals surface area contributed by atoms with Crippen molar-refractivity contribution >= 4 is 15.9 Å². The Kier molecular flexibility index (Phi) is 8.90. The second-order valence-electron chi connectivity index (χ2n) is 4.82. The number of rotatable bonds is 10. The highest BCUT2D eigenvalue weighted by molar-refractivity contribution is 9.10. The van der Waals surface area contributed by atoms with Gasteiger partial charge in [-0.2, -0.15) is 0 Å². The lowest BCUT2D eigenvalue weighted by Crippen LogP contribution is -2.19. The van der Waals surface area contributed by atoms with E-state index >= 15 is 0 Å². The summed E-state index contributed by atoms with van der Waals surface area (Å²) in [5.74, 6) is 0.878. The molecule has 0 heterocycles. The van der Waals surface area contributed by atoms with Crippen molar-refractivity contribution in [3.8, 4) is 5.75 Å². The minimum Gasteiger partial charge on any atom is -0.491 e. The minimum atomic E-state index is 0.339. The zero-order valence-corrected chi connectivity index (χ0v) is 14.3. The number of benzene rings is 1. The van der Waals surface area contributed by atoms with Crippen LogP contribution >= 0.6 is 15.9 Å². The third-order valence-electron chi connectivity index (χ3n) is 2.98. The van der Waals surface area contributed by atoms with E-state index in [1.54, 1.807) is 0 Å². The number of nitrogens with one attached hydrogen (secondary N) is 1. The molecule has 1 rings (SSSR count). The molecule has 0 bridgehead atoms. The molecule has 0 radical (unpaired) electrons. The van der Waals surface area contributed by atoms with Crippen LogP contribution in [0.2, 0.25) is 0 Å². The predicted octanol–water partition coefficient (Wildman–Crippen LogP) is 4.32. The normalized spacial score (nSPS) is 12.4. The van der Waals surface area contributed by atoms with Gasteiger partial charge in [-0.3, -0.25) is 0 Å². The van der Waals surface area contributed by atoms with Gasteiger partial charge in [0.15, 0.2) is 0 Å². The minimum absolute atomic E-state index is 0.339. The molecule has 0 fully saturated rings. The molecule has 20 heavy (non-hydrogen) atoms. The van der Waals surface area contributed by atoms with Gasteiger partial charge in [-0.15, -0.1) is 0 Å². The summed E-state index contributed by atoms with van der Waals surface area (Å²) < 4.78 is 12.2. The Morgan fingerprint density at radius 2 is 1.95 bits per heavy atom. The summed E-state index contributed by atoms with van der Waals surface area (Å²) in [5.41, 5.74) is 1.26. The van der Waals surface area contributed by atoms with Crippen molar-refractivity contribution in [3.63, 3.8) is 0 Å². The molecule has 0 saturated carbocycles. The van der Waals surface area contributed by atoms with E-state index in [4.69, 9.17) is 9.47 Å². The van der Waals surface area contributed by atoms with Crippen molar-refractivity contribution < 1.29 is 9.47 Å². The lowest BCUT2D eigenvalue weighted by Gasteiger charge is -2.16. The molecule has 0 spiro atoms. The Labute approximate surface area is 131 Å². The Hall–Kier alpha value is -0.580. The van der Waals surface area contributed by atoms with Gasteiger partial charge in [-0.05, 0) is 44.0 Å². The Balaban J connectivity index is 2.46.